The Balaban J connectivity index is 2.89. The van der Waals surface area contributed by atoms with E-state index in [1.807, 2.05) is 18.7 Å². The van der Waals surface area contributed by atoms with Crippen molar-refractivity contribution in [2.45, 2.75) is 64.2 Å². The third kappa shape index (κ3) is 8.86. The van der Waals surface area contributed by atoms with Crippen LogP contribution in [0.2, 0.25) is 0 Å². The normalized spacial score (nSPS) is 12.3. The Morgan fingerprint density at radius 1 is 0.966 bits per heavy atom. The summed E-state index contributed by atoms with van der Waals surface area (Å²) >= 11 is 0. The molecule has 0 amide bonds. The maximum absolute atomic E-state index is 13.0. The Hall–Kier alpha value is -2.08. The van der Waals surface area contributed by atoms with Gasteiger partial charge in [-0.25, -0.2) is 13.2 Å². The van der Waals surface area contributed by atoms with Crippen molar-refractivity contribution in [3.8, 4) is 0 Å². The highest BCUT2D eigenvalue weighted by Crippen LogP contribution is 2.20. The lowest BCUT2D eigenvalue weighted by atomic mass is 10.1. The van der Waals surface area contributed by atoms with E-state index in [1.54, 1.807) is 30.5 Å². The molecule has 0 saturated heterocycles. The second kappa shape index (κ2) is 14.0. The van der Waals surface area contributed by atoms with Gasteiger partial charge in [-0.1, -0.05) is 57.2 Å². The molecule has 0 saturated carbocycles. The molecule has 0 spiro atoms. The maximum atomic E-state index is 13.0. The fourth-order valence-electron chi connectivity index (χ4n) is 2.80. The Morgan fingerprint density at radius 3 is 2.21 bits per heavy atom. The van der Waals surface area contributed by atoms with Gasteiger partial charge in [0.05, 0.1) is 11.5 Å². The minimum absolute atomic E-state index is 0.0824. The van der Waals surface area contributed by atoms with Crippen molar-refractivity contribution in [1.82, 2.24) is 4.90 Å². The Morgan fingerprint density at radius 2 is 1.59 bits per heavy atom. The number of nitrogens with zero attached hydrogens (tertiary/aromatic N) is 1. The third-order valence-electron chi connectivity index (χ3n) is 4.63. The molecule has 29 heavy (non-hydrogen) atoms. The first-order valence-electron chi connectivity index (χ1n) is 10.6. The van der Waals surface area contributed by atoms with Gasteiger partial charge < -0.3 is 9.64 Å². The lowest BCUT2D eigenvalue weighted by molar-refractivity contribution is -0.138. The zero-order chi connectivity index (χ0) is 21.5. The number of unbranched alkanes of at least 4 members (excludes halogenated alkanes) is 5. The number of hydrogen-bond donors (Lipinski definition) is 0. The molecule has 1 aromatic carbocycles. The number of sulfone groups is 1. The molecule has 1 aromatic rings. The molecule has 162 valence electrons. The van der Waals surface area contributed by atoms with E-state index in [2.05, 4.69) is 6.92 Å². The molecule has 0 fully saturated rings. The van der Waals surface area contributed by atoms with Crippen molar-refractivity contribution in [3.05, 3.63) is 53.6 Å². The van der Waals surface area contributed by atoms with Crippen LogP contribution >= 0.6 is 0 Å². The van der Waals surface area contributed by atoms with E-state index in [4.69, 9.17) is 4.74 Å². The van der Waals surface area contributed by atoms with Crippen LogP contribution in [-0.4, -0.2) is 39.0 Å². The number of allylic oxidation sites excluding steroid dienone is 2. The predicted molar refractivity (Wildman–Crippen MR) is 118 cm³/mol. The summed E-state index contributed by atoms with van der Waals surface area (Å²) in [6.45, 7) is 8.00. The van der Waals surface area contributed by atoms with Crippen molar-refractivity contribution >= 4 is 15.8 Å². The molecule has 0 radical (unpaired) electrons. The number of esters is 1. The molecule has 0 aliphatic heterocycles. The van der Waals surface area contributed by atoms with Gasteiger partial charge in [0.1, 0.15) is 0 Å². The summed E-state index contributed by atoms with van der Waals surface area (Å²) in [6.07, 6.45) is 11.1. The van der Waals surface area contributed by atoms with Crippen molar-refractivity contribution in [1.29, 1.82) is 0 Å². The first-order valence-corrected chi connectivity index (χ1v) is 12.0. The van der Waals surface area contributed by atoms with Crippen LogP contribution in [0.5, 0.6) is 0 Å². The fraction of sp³-hybridized carbons (Fsp3) is 0.522. The largest absolute Gasteiger partial charge is 0.462 e. The number of rotatable bonds is 14. The molecular weight excluding hydrogens is 386 g/mol. The SMILES string of the molecule is CCCCCCCCOC(=O)C(=CC=CN(CC)CC)S(=O)(=O)c1ccccc1. The lowest BCUT2D eigenvalue weighted by Crippen LogP contribution is -2.18. The van der Waals surface area contributed by atoms with E-state index in [1.165, 1.54) is 37.5 Å². The zero-order valence-corrected chi connectivity index (χ0v) is 18.8. The highest BCUT2D eigenvalue weighted by molar-refractivity contribution is 7.96. The highest BCUT2D eigenvalue weighted by Gasteiger charge is 2.27. The van der Waals surface area contributed by atoms with E-state index in [9.17, 15) is 13.2 Å². The quantitative estimate of drug-likeness (QED) is 0.181. The van der Waals surface area contributed by atoms with Gasteiger partial charge in [0.15, 0.2) is 4.91 Å². The molecular formula is C23H35NO4S. The topological polar surface area (TPSA) is 63.7 Å². The molecule has 0 aromatic heterocycles. The second-order valence-corrected chi connectivity index (χ2v) is 8.73. The molecule has 1 rings (SSSR count). The van der Waals surface area contributed by atoms with Gasteiger partial charge in [-0.15, -0.1) is 0 Å². The van der Waals surface area contributed by atoms with Crippen molar-refractivity contribution in [2.24, 2.45) is 0 Å². The summed E-state index contributed by atoms with van der Waals surface area (Å²) in [4.78, 5) is 14.3. The van der Waals surface area contributed by atoms with Crippen LogP contribution in [0.4, 0.5) is 0 Å². The van der Waals surface area contributed by atoms with Crippen LogP contribution in [0.15, 0.2) is 58.5 Å². The summed E-state index contributed by atoms with van der Waals surface area (Å²) < 4.78 is 31.3. The molecule has 0 aliphatic rings. The van der Waals surface area contributed by atoms with E-state index in [0.717, 1.165) is 32.4 Å². The van der Waals surface area contributed by atoms with Gasteiger partial charge in [0.2, 0.25) is 9.84 Å². The van der Waals surface area contributed by atoms with E-state index >= 15 is 0 Å². The fourth-order valence-corrected chi connectivity index (χ4v) is 4.10. The van der Waals surface area contributed by atoms with Gasteiger partial charge in [-0.2, -0.15) is 0 Å². The van der Waals surface area contributed by atoms with Gasteiger partial charge >= 0.3 is 5.97 Å². The van der Waals surface area contributed by atoms with Crippen LogP contribution in [0, 0.1) is 0 Å². The lowest BCUT2D eigenvalue weighted by Gasteiger charge is -2.14. The zero-order valence-electron chi connectivity index (χ0n) is 18.0. The summed E-state index contributed by atoms with van der Waals surface area (Å²) in [5, 5.41) is 0. The summed E-state index contributed by atoms with van der Waals surface area (Å²) in [5.41, 5.74) is 0. The molecule has 0 heterocycles. The second-order valence-electron chi connectivity index (χ2n) is 6.81. The van der Waals surface area contributed by atoms with Crippen LogP contribution in [0.3, 0.4) is 0 Å². The smallest absolute Gasteiger partial charge is 0.350 e. The minimum atomic E-state index is -3.95. The number of benzene rings is 1. The number of ether oxygens (including phenoxy) is 1. The third-order valence-corrected chi connectivity index (χ3v) is 6.41. The van der Waals surface area contributed by atoms with Gasteiger partial charge in [0, 0.05) is 13.1 Å². The Bertz CT molecular complexity index is 750. The first-order chi connectivity index (χ1) is 14.0. The van der Waals surface area contributed by atoms with Gasteiger partial charge in [-0.3, -0.25) is 0 Å². The molecule has 5 nitrogen and oxygen atoms in total. The Kier molecular flexibility index (Phi) is 12.0. The molecule has 0 unspecified atom stereocenters. The van der Waals surface area contributed by atoms with Gasteiger partial charge in [-0.05, 0) is 50.8 Å². The van der Waals surface area contributed by atoms with Crippen LogP contribution in [-0.2, 0) is 19.4 Å². The monoisotopic (exact) mass is 421 g/mol. The van der Waals surface area contributed by atoms with Crippen LogP contribution in [0.1, 0.15) is 59.3 Å². The van der Waals surface area contributed by atoms with Crippen LogP contribution in [0.25, 0.3) is 0 Å². The summed E-state index contributed by atoms with van der Waals surface area (Å²) in [6, 6.07) is 7.98. The standard InChI is InChI=1S/C23H35NO4S/c1-4-7-8-9-10-14-20-28-23(25)22(18-15-19-24(5-2)6-3)29(26,27)21-16-12-11-13-17-21/h11-13,15-19H,4-10,14,20H2,1-3H3. The van der Waals surface area contributed by atoms with E-state index in [0.29, 0.717) is 0 Å². The maximum Gasteiger partial charge on any atom is 0.350 e. The predicted octanol–water partition coefficient (Wildman–Crippen LogP) is 5.10. The van der Waals surface area contributed by atoms with Crippen molar-refractivity contribution in [2.75, 3.05) is 19.7 Å². The van der Waals surface area contributed by atoms with Crippen molar-refractivity contribution < 1.29 is 17.9 Å². The van der Waals surface area contributed by atoms with E-state index < -0.39 is 15.8 Å². The molecule has 0 N–H and O–H groups in total. The van der Waals surface area contributed by atoms with Crippen molar-refractivity contribution in [3.63, 3.8) is 0 Å². The van der Waals surface area contributed by atoms with E-state index in [-0.39, 0.29) is 16.4 Å². The number of carbonyl (C=O) groups excluding carboxylic acids is 1. The number of carbonyl (C=O) groups is 1. The molecule has 0 atom stereocenters. The summed E-state index contributed by atoms with van der Waals surface area (Å²) in [7, 11) is -3.95. The highest BCUT2D eigenvalue weighted by atomic mass is 32.2. The van der Waals surface area contributed by atoms with Gasteiger partial charge in [0.25, 0.3) is 0 Å². The molecule has 0 aliphatic carbocycles. The minimum Gasteiger partial charge on any atom is -0.462 e. The average Bonchev–Trinajstić information content (AvgIpc) is 2.73. The number of hydrogen-bond acceptors (Lipinski definition) is 5. The Labute approximate surface area is 176 Å². The first kappa shape index (κ1) is 25.0. The summed E-state index contributed by atoms with van der Waals surface area (Å²) in [5.74, 6) is -0.799. The van der Waals surface area contributed by atoms with Crippen LogP contribution < -0.4 is 0 Å². The average molecular weight is 422 g/mol. The molecule has 0 bridgehead atoms. The molecule has 6 heteroatoms.